The molecule has 1 aliphatic heterocycles. The Morgan fingerprint density at radius 3 is 2.23 bits per heavy atom. The van der Waals surface area contributed by atoms with Crippen LogP contribution in [0.5, 0.6) is 0 Å². The fraction of sp³-hybridized carbons (Fsp3) is 0.125. The third-order valence-electron chi connectivity index (χ3n) is 4.95. The summed E-state index contributed by atoms with van der Waals surface area (Å²) in [5.41, 5.74) is 3.74. The maximum Gasteiger partial charge on any atom is 0.339 e. The predicted molar refractivity (Wildman–Crippen MR) is 118 cm³/mol. The van der Waals surface area contributed by atoms with Crippen molar-refractivity contribution in [1.29, 1.82) is 0 Å². The number of ether oxygens (including phenoxy) is 1. The van der Waals surface area contributed by atoms with Gasteiger partial charge in [-0.15, -0.1) is 0 Å². The highest BCUT2D eigenvalue weighted by molar-refractivity contribution is 6.30. The van der Waals surface area contributed by atoms with Crippen molar-refractivity contribution >= 4 is 40.8 Å². The number of cyclic esters (lactones) is 1. The second kappa shape index (κ2) is 8.62. The lowest BCUT2D eigenvalue weighted by Crippen LogP contribution is -2.23. The van der Waals surface area contributed by atoms with Crippen LogP contribution in [0.15, 0.2) is 66.7 Å². The van der Waals surface area contributed by atoms with Crippen LogP contribution in [-0.2, 0) is 16.0 Å². The van der Waals surface area contributed by atoms with Gasteiger partial charge in [0.2, 0.25) is 5.91 Å². The molecule has 1 aliphatic rings. The van der Waals surface area contributed by atoms with E-state index in [4.69, 9.17) is 16.3 Å². The molecule has 2 N–H and O–H groups in total. The second-order valence-corrected chi connectivity index (χ2v) is 7.67. The van der Waals surface area contributed by atoms with E-state index in [2.05, 4.69) is 10.6 Å². The van der Waals surface area contributed by atoms with Gasteiger partial charge in [0, 0.05) is 35.3 Å². The van der Waals surface area contributed by atoms with Crippen molar-refractivity contribution in [3.63, 3.8) is 0 Å². The molecule has 3 aromatic rings. The van der Waals surface area contributed by atoms with E-state index in [0.29, 0.717) is 33.9 Å². The Balaban J connectivity index is 1.51. The zero-order valence-electron chi connectivity index (χ0n) is 16.6. The highest BCUT2D eigenvalue weighted by Crippen LogP contribution is 2.31. The first-order chi connectivity index (χ1) is 14.9. The summed E-state index contributed by atoms with van der Waals surface area (Å²) in [6.07, 6.45) is 0.0341. The first kappa shape index (κ1) is 20.6. The van der Waals surface area contributed by atoms with Gasteiger partial charge in [0.15, 0.2) is 0 Å². The molecule has 0 aromatic heterocycles. The Labute approximate surface area is 184 Å². The van der Waals surface area contributed by atoms with Crippen molar-refractivity contribution in [3.8, 4) is 0 Å². The van der Waals surface area contributed by atoms with E-state index >= 15 is 0 Å². The van der Waals surface area contributed by atoms with Crippen LogP contribution in [0.3, 0.4) is 0 Å². The van der Waals surface area contributed by atoms with E-state index in [1.807, 2.05) is 12.1 Å². The summed E-state index contributed by atoms with van der Waals surface area (Å²) < 4.78 is 5.56. The number of hydrogen-bond acceptors (Lipinski definition) is 4. The van der Waals surface area contributed by atoms with Gasteiger partial charge >= 0.3 is 5.97 Å². The highest BCUT2D eigenvalue weighted by atomic mass is 35.5. The van der Waals surface area contributed by atoms with E-state index in [9.17, 15) is 14.4 Å². The standard InChI is InChI=1S/C24H19ClN2O4/c1-14(28)26-19-7-9-20(10-8-19)27-23(29)16-4-11-21-17(12-16)13-22(31-24(21)30)15-2-5-18(25)6-3-15/h2-12,22H,13H2,1H3,(H,26,28)(H,27,29). The third-order valence-corrected chi connectivity index (χ3v) is 5.20. The molecule has 1 heterocycles. The number of anilines is 2. The molecule has 0 saturated carbocycles. The van der Waals surface area contributed by atoms with Crippen molar-refractivity contribution in [2.45, 2.75) is 19.4 Å². The van der Waals surface area contributed by atoms with Gasteiger partial charge in [0.25, 0.3) is 5.91 Å². The molecule has 1 atom stereocenters. The lowest BCUT2D eigenvalue weighted by Gasteiger charge is -2.25. The molecule has 0 aliphatic carbocycles. The summed E-state index contributed by atoms with van der Waals surface area (Å²) in [6, 6.07) is 18.9. The molecule has 0 spiro atoms. The number of carbonyl (C=O) groups is 3. The van der Waals surface area contributed by atoms with Crippen LogP contribution in [0.25, 0.3) is 0 Å². The lowest BCUT2D eigenvalue weighted by molar-refractivity contribution is -0.114. The normalized spacial score (nSPS) is 14.9. The van der Waals surface area contributed by atoms with Gasteiger partial charge in [-0.25, -0.2) is 4.79 Å². The Morgan fingerprint density at radius 1 is 0.935 bits per heavy atom. The molecule has 0 fully saturated rings. The summed E-state index contributed by atoms with van der Waals surface area (Å²) in [4.78, 5) is 36.3. The minimum Gasteiger partial charge on any atom is -0.454 e. The summed E-state index contributed by atoms with van der Waals surface area (Å²) in [5.74, 6) is -0.875. The van der Waals surface area contributed by atoms with Gasteiger partial charge < -0.3 is 15.4 Å². The topological polar surface area (TPSA) is 84.5 Å². The van der Waals surface area contributed by atoms with Crippen LogP contribution < -0.4 is 10.6 Å². The molecular formula is C24H19ClN2O4. The molecule has 0 bridgehead atoms. The number of hydrogen-bond donors (Lipinski definition) is 2. The van der Waals surface area contributed by atoms with E-state index in [-0.39, 0.29) is 11.8 Å². The van der Waals surface area contributed by atoms with Gasteiger partial charge in [0.05, 0.1) is 5.56 Å². The number of fused-ring (bicyclic) bond motifs is 1. The van der Waals surface area contributed by atoms with Gasteiger partial charge in [-0.1, -0.05) is 23.7 Å². The van der Waals surface area contributed by atoms with Gasteiger partial charge in [-0.3, -0.25) is 9.59 Å². The SMILES string of the molecule is CC(=O)Nc1ccc(NC(=O)c2ccc3c(c2)CC(c2ccc(Cl)cc2)OC3=O)cc1. The Morgan fingerprint density at radius 2 is 1.58 bits per heavy atom. The fourth-order valence-electron chi connectivity index (χ4n) is 3.44. The zero-order valence-corrected chi connectivity index (χ0v) is 17.4. The first-order valence-electron chi connectivity index (χ1n) is 9.67. The molecule has 0 saturated heterocycles. The molecule has 31 heavy (non-hydrogen) atoms. The first-order valence-corrected chi connectivity index (χ1v) is 10.1. The summed E-state index contributed by atoms with van der Waals surface area (Å²) in [5, 5.41) is 6.10. The molecule has 1 unspecified atom stereocenters. The number of nitrogens with one attached hydrogen (secondary N) is 2. The second-order valence-electron chi connectivity index (χ2n) is 7.23. The molecule has 6 nitrogen and oxygen atoms in total. The smallest absolute Gasteiger partial charge is 0.339 e. The number of halogens is 1. The summed E-state index contributed by atoms with van der Waals surface area (Å²) >= 11 is 5.94. The number of rotatable bonds is 4. The van der Waals surface area contributed by atoms with Crippen LogP contribution in [0.1, 0.15) is 44.9 Å². The highest BCUT2D eigenvalue weighted by Gasteiger charge is 2.28. The van der Waals surface area contributed by atoms with Crippen LogP contribution in [0.2, 0.25) is 5.02 Å². The van der Waals surface area contributed by atoms with Gasteiger partial charge in [-0.05, 0) is 65.7 Å². The molecular weight excluding hydrogens is 416 g/mol. The monoisotopic (exact) mass is 434 g/mol. The molecule has 156 valence electrons. The largest absolute Gasteiger partial charge is 0.454 e. The Hall–Kier alpha value is -3.64. The quantitative estimate of drug-likeness (QED) is 0.565. The van der Waals surface area contributed by atoms with E-state index in [1.54, 1.807) is 54.6 Å². The Bertz CT molecular complexity index is 1160. The average Bonchev–Trinajstić information content (AvgIpc) is 2.75. The van der Waals surface area contributed by atoms with Crippen molar-refractivity contribution in [2.24, 2.45) is 0 Å². The van der Waals surface area contributed by atoms with E-state index in [1.165, 1.54) is 6.92 Å². The third kappa shape index (κ3) is 4.75. The fourth-order valence-corrected chi connectivity index (χ4v) is 3.57. The van der Waals surface area contributed by atoms with Gasteiger partial charge in [-0.2, -0.15) is 0 Å². The van der Waals surface area contributed by atoms with Gasteiger partial charge in [0.1, 0.15) is 6.10 Å². The maximum absolute atomic E-state index is 12.7. The zero-order chi connectivity index (χ0) is 22.0. The molecule has 0 radical (unpaired) electrons. The number of carbonyl (C=O) groups excluding carboxylic acids is 3. The molecule has 3 aromatic carbocycles. The minimum atomic E-state index is -0.433. The van der Waals surface area contributed by atoms with Crippen molar-refractivity contribution < 1.29 is 19.1 Å². The number of benzene rings is 3. The lowest BCUT2D eigenvalue weighted by atomic mass is 9.93. The average molecular weight is 435 g/mol. The predicted octanol–water partition coefficient (Wildman–Crippen LogP) is 5.00. The van der Waals surface area contributed by atoms with E-state index < -0.39 is 12.1 Å². The Kier molecular flexibility index (Phi) is 5.73. The van der Waals surface area contributed by atoms with Crippen molar-refractivity contribution in [1.82, 2.24) is 0 Å². The molecule has 2 amide bonds. The van der Waals surface area contributed by atoms with Crippen LogP contribution in [0, 0.1) is 0 Å². The van der Waals surface area contributed by atoms with Crippen LogP contribution in [0.4, 0.5) is 11.4 Å². The number of esters is 1. The van der Waals surface area contributed by atoms with E-state index in [0.717, 1.165) is 11.1 Å². The summed E-state index contributed by atoms with van der Waals surface area (Å²) in [6.45, 7) is 1.43. The van der Waals surface area contributed by atoms with Crippen molar-refractivity contribution in [2.75, 3.05) is 10.6 Å². The maximum atomic E-state index is 12.7. The molecule has 7 heteroatoms. The van der Waals surface area contributed by atoms with Crippen molar-refractivity contribution in [3.05, 3.63) is 94.0 Å². The minimum absolute atomic E-state index is 0.165. The van der Waals surface area contributed by atoms with Crippen LogP contribution in [-0.4, -0.2) is 17.8 Å². The number of amides is 2. The summed E-state index contributed by atoms with van der Waals surface area (Å²) in [7, 11) is 0. The van der Waals surface area contributed by atoms with Crippen LogP contribution >= 0.6 is 11.6 Å². The molecule has 4 rings (SSSR count).